The summed E-state index contributed by atoms with van der Waals surface area (Å²) in [5.74, 6) is -0.918. The fourth-order valence-corrected chi connectivity index (χ4v) is 1.32. The summed E-state index contributed by atoms with van der Waals surface area (Å²) in [6.07, 6.45) is 0. The molecule has 0 unspecified atom stereocenters. The Morgan fingerprint density at radius 3 is 2.26 bits per heavy atom. The van der Waals surface area contributed by atoms with Crippen molar-refractivity contribution in [2.75, 3.05) is 26.7 Å². The van der Waals surface area contributed by atoms with E-state index >= 15 is 0 Å². The van der Waals surface area contributed by atoms with Gasteiger partial charge in [0.05, 0.1) is 19.1 Å². The van der Waals surface area contributed by atoms with E-state index < -0.39 is 6.04 Å². The summed E-state index contributed by atoms with van der Waals surface area (Å²) in [5.41, 5.74) is 5.66. The third kappa shape index (κ3) is 6.19. The van der Waals surface area contributed by atoms with Crippen molar-refractivity contribution in [3.8, 4) is 0 Å². The van der Waals surface area contributed by atoms with Gasteiger partial charge in [-0.05, 0) is 12.8 Å². The van der Waals surface area contributed by atoms with Gasteiger partial charge in [-0.2, -0.15) is 0 Å². The highest BCUT2D eigenvalue weighted by Crippen LogP contribution is 1.97. The van der Waals surface area contributed by atoms with Gasteiger partial charge in [-0.1, -0.05) is 13.8 Å². The molecule has 0 aliphatic carbocycles. The van der Waals surface area contributed by atoms with Gasteiger partial charge < -0.3 is 21.3 Å². The van der Waals surface area contributed by atoms with E-state index in [1.54, 1.807) is 6.92 Å². The fraction of sp³-hybridized carbons (Fsp3) is 0.750. The maximum absolute atomic E-state index is 11.8. The van der Waals surface area contributed by atoms with Gasteiger partial charge in [0, 0.05) is 13.6 Å². The lowest BCUT2D eigenvalue weighted by atomic mass is 10.1. The van der Waals surface area contributed by atoms with Crippen molar-refractivity contribution in [2.24, 2.45) is 11.7 Å². The Labute approximate surface area is 113 Å². The molecule has 0 aromatic heterocycles. The van der Waals surface area contributed by atoms with Crippen molar-refractivity contribution < 1.29 is 14.4 Å². The Balaban J connectivity index is 4.28. The Morgan fingerprint density at radius 1 is 1.26 bits per heavy atom. The average Bonchev–Trinajstić information content (AvgIpc) is 2.40. The van der Waals surface area contributed by atoms with Crippen molar-refractivity contribution in [1.82, 2.24) is 15.5 Å². The Morgan fingerprint density at radius 2 is 1.84 bits per heavy atom. The highest BCUT2D eigenvalue weighted by atomic mass is 16.2. The van der Waals surface area contributed by atoms with E-state index in [0.29, 0.717) is 6.54 Å². The van der Waals surface area contributed by atoms with Crippen LogP contribution in [0.15, 0.2) is 0 Å². The number of hydrogen-bond acceptors (Lipinski definition) is 4. The van der Waals surface area contributed by atoms with Crippen molar-refractivity contribution in [1.29, 1.82) is 0 Å². The zero-order valence-electron chi connectivity index (χ0n) is 12.0. The van der Waals surface area contributed by atoms with Crippen LogP contribution in [0.25, 0.3) is 0 Å². The van der Waals surface area contributed by atoms with E-state index in [0.717, 1.165) is 0 Å². The molecule has 1 atom stereocenters. The molecule has 0 aliphatic rings. The number of nitrogens with two attached hydrogens (primary N) is 1. The van der Waals surface area contributed by atoms with Gasteiger partial charge >= 0.3 is 0 Å². The Kier molecular flexibility index (Phi) is 7.74. The first-order valence-corrected chi connectivity index (χ1v) is 6.35. The van der Waals surface area contributed by atoms with Gasteiger partial charge in [0.2, 0.25) is 17.7 Å². The largest absolute Gasteiger partial charge is 0.358 e. The average molecular weight is 272 g/mol. The van der Waals surface area contributed by atoms with E-state index in [4.69, 9.17) is 5.73 Å². The first-order valence-electron chi connectivity index (χ1n) is 6.35. The third-order valence-electron chi connectivity index (χ3n) is 2.78. The lowest BCUT2D eigenvalue weighted by Gasteiger charge is -2.21. The van der Waals surface area contributed by atoms with Crippen molar-refractivity contribution in [3.05, 3.63) is 0 Å². The van der Waals surface area contributed by atoms with Crippen LogP contribution in [0.1, 0.15) is 20.8 Å². The van der Waals surface area contributed by atoms with Gasteiger partial charge in [-0.3, -0.25) is 14.4 Å². The summed E-state index contributed by atoms with van der Waals surface area (Å²) in [4.78, 5) is 36.0. The quantitative estimate of drug-likeness (QED) is 0.534. The molecule has 0 fully saturated rings. The number of nitrogens with one attached hydrogen (secondary N) is 2. The van der Waals surface area contributed by atoms with Crippen LogP contribution in [0.4, 0.5) is 0 Å². The normalized spacial score (nSPS) is 11.9. The molecule has 0 saturated carbocycles. The van der Waals surface area contributed by atoms with Crippen LogP contribution in [0.2, 0.25) is 0 Å². The van der Waals surface area contributed by atoms with Crippen LogP contribution in [-0.4, -0.2) is 55.3 Å². The second-order valence-electron chi connectivity index (χ2n) is 4.57. The molecule has 19 heavy (non-hydrogen) atoms. The second kappa shape index (κ2) is 8.47. The minimum absolute atomic E-state index is 0.00301. The molecular weight excluding hydrogens is 248 g/mol. The number of carbonyl (C=O) groups excluding carboxylic acids is 3. The van der Waals surface area contributed by atoms with E-state index in [-0.39, 0.29) is 36.7 Å². The van der Waals surface area contributed by atoms with Crippen LogP contribution in [0, 0.1) is 5.92 Å². The monoisotopic (exact) mass is 272 g/mol. The predicted molar refractivity (Wildman–Crippen MR) is 72.1 cm³/mol. The predicted octanol–water partition coefficient (Wildman–Crippen LogP) is -1.32. The number of likely N-dealkylation sites (N-methyl/N-ethyl adjacent to an activating group) is 2. The van der Waals surface area contributed by atoms with Gasteiger partial charge in [-0.15, -0.1) is 0 Å². The van der Waals surface area contributed by atoms with E-state index in [1.807, 2.05) is 13.8 Å². The SMILES string of the molecule is CCN(CC(=O)NC)C(=O)CNC(=O)[C@@H](N)C(C)C. The molecule has 0 bridgehead atoms. The Bertz CT molecular complexity index is 331. The lowest BCUT2D eigenvalue weighted by Crippen LogP contribution is -2.49. The summed E-state index contributed by atoms with van der Waals surface area (Å²) in [6, 6.07) is -0.637. The van der Waals surface area contributed by atoms with Gasteiger partial charge in [0.1, 0.15) is 0 Å². The van der Waals surface area contributed by atoms with Crippen molar-refractivity contribution >= 4 is 17.7 Å². The molecule has 0 aromatic rings. The van der Waals surface area contributed by atoms with Crippen LogP contribution >= 0.6 is 0 Å². The number of nitrogens with zero attached hydrogens (tertiary/aromatic N) is 1. The second-order valence-corrected chi connectivity index (χ2v) is 4.57. The van der Waals surface area contributed by atoms with Crippen LogP contribution < -0.4 is 16.4 Å². The third-order valence-corrected chi connectivity index (χ3v) is 2.78. The molecule has 4 N–H and O–H groups in total. The van der Waals surface area contributed by atoms with Gasteiger partial charge in [-0.25, -0.2) is 0 Å². The number of hydrogen-bond donors (Lipinski definition) is 3. The Hall–Kier alpha value is -1.63. The van der Waals surface area contributed by atoms with E-state index in [1.165, 1.54) is 11.9 Å². The minimum atomic E-state index is -0.637. The van der Waals surface area contributed by atoms with Gasteiger partial charge in [0.25, 0.3) is 0 Å². The molecule has 3 amide bonds. The van der Waals surface area contributed by atoms with E-state index in [2.05, 4.69) is 10.6 Å². The van der Waals surface area contributed by atoms with Crippen molar-refractivity contribution in [3.63, 3.8) is 0 Å². The van der Waals surface area contributed by atoms with E-state index in [9.17, 15) is 14.4 Å². The summed E-state index contributed by atoms with van der Waals surface area (Å²) in [5, 5.41) is 4.93. The summed E-state index contributed by atoms with van der Waals surface area (Å²) >= 11 is 0. The molecule has 0 saturated heterocycles. The molecule has 0 rings (SSSR count). The lowest BCUT2D eigenvalue weighted by molar-refractivity contribution is -0.136. The number of rotatable bonds is 7. The molecule has 0 spiro atoms. The standard InChI is InChI=1S/C12H24N4O3/c1-5-16(7-9(17)14-4)10(18)6-15-12(19)11(13)8(2)3/h8,11H,5-7,13H2,1-4H3,(H,14,17)(H,15,19)/t11-/m0/s1. The number of carbonyl (C=O) groups is 3. The first kappa shape index (κ1) is 17.4. The molecule has 7 nitrogen and oxygen atoms in total. The summed E-state index contributed by atoms with van der Waals surface area (Å²) < 4.78 is 0. The minimum Gasteiger partial charge on any atom is -0.358 e. The van der Waals surface area contributed by atoms with Crippen LogP contribution in [0.3, 0.4) is 0 Å². The molecule has 110 valence electrons. The summed E-state index contributed by atoms with van der Waals surface area (Å²) in [7, 11) is 1.50. The van der Waals surface area contributed by atoms with Crippen molar-refractivity contribution in [2.45, 2.75) is 26.8 Å². The molecule has 0 radical (unpaired) electrons. The fourth-order valence-electron chi connectivity index (χ4n) is 1.32. The van der Waals surface area contributed by atoms with Gasteiger partial charge in [0.15, 0.2) is 0 Å². The maximum atomic E-state index is 11.8. The first-order chi connectivity index (χ1) is 8.83. The maximum Gasteiger partial charge on any atom is 0.242 e. The molecular formula is C12H24N4O3. The van der Waals surface area contributed by atoms with Crippen LogP contribution in [0.5, 0.6) is 0 Å². The zero-order valence-corrected chi connectivity index (χ0v) is 12.0. The number of amides is 3. The topological polar surface area (TPSA) is 105 Å². The molecule has 7 heteroatoms. The molecule has 0 heterocycles. The zero-order chi connectivity index (χ0) is 15.0. The smallest absolute Gasteiger partial charge is 0.242 e. The highest BCUT2D eigenvalue weighted by Gasteiger charge is 2.20. The van der Waals surface area contributed by atoms with Crippen LogP contribution in [-0.2, 0) is 14.4 Å². The summed E-state index contributed by atoms with van der Waals surface area (Å²) in [6.45, 7) is 5.66. The molecule has 0 aromatic carbocycles. The molecule has 0 aliphatic heterocycles. The highest BCUT2D eigenvalue weighted by molar-refractivity contribution is 5.89.